The Balaban J connectivity index is 0.00000576. The molecule has 0 unspecified atom stereocenters. The Bertz CT molecular complexity index is 527. The average molecular weight is 467 g/mol. The van der Waals surface area contributed by atoms with Crippen LogP contribution in [-0.2, 0) is 11.3 Å². The average Bonchev–Trinajstić information content (AvgIpc) is 2.63. The van der Waals surface area contributed by atoms with Gasteiger partial charge in [-0.15, -0.1) is 24.0 Å². The van der Waals surface area contributed by atoms with Crippen molar-refractivity contribution >= 4 is 29.9 Å². The molecule has 144 valence electrons. The van der Waals surface area contributed by atoms with E-state index in [1.54, 1.807) is 28.4 Å². The molecule has 0 aromatic heterocycles. The smallest absolute Gasteiger partial charge is 0.191 e. The molecule has 0 radical (unpaired) electrons. The van der Waals surface area contributed by atoms with E-state index in [1.165, 1.54) is 0 Å². The highest BCUT2D eigenvalue weighted by molar-refractivity contribution is 14.0. The molecule has 0 fully saturated rings. The zero-order valence-electron chi connectivity index (χ0n) is 15.7. The van der Waals surface area contributed by atoms with Gasteiger partial charge in [-0.25, -0.2) is 0 Å². The first-order valence-electron chi connectivity index (χ1n) is 8.01. The fraction of sp³-hybridized carbons (Fsp3) is 0.588. The van der Waals surface area contributed by atoms with Gasteiger partial charge in [0.05, 0.1) is 21.3 Å². The van der Waals surface area contributed by atoms with Gasteiger partial charge in [-0.2, -0.15) is 0 Å². The van der Waals surface area contributed by atoms with Crippen LogP contribution in [0.25, 0.3) is 0 Å². The van der Waals surface area contributed by atoms with Gasteiger partial charge >= 0.3 is 0 Å². The lowest BCUT2D eigenvalue weighted by Gasteiger charge is -2.16. The van der Waals surface area contributed by atoms with E-state index in [9.17, 15) is 0 Å². The van der Waals surface area contributed by atoms with E-state index in [1.807, 2.05) is 19.1 Å². The molecule has 0 bridgehead atoms. The Kier molecular flexibility index (Phi) is 13.0. The summed E-state index contributed by atoms with van der Waals surface area (Å²) < 4.78 is 21.4. The molecule has 0 saturated carbocycles. The van der Waals surface area contributed by atoms with Crippen LogP contribution in [0.15, 0.2) is 17.1 Å². The first-order chi connectivity index (χ1) is 11.7. The highest BCUT2D eigenvalue weighted by atomic mass is 127. The van der Waals surface area contributed by atoms with Gasteiger partial charge < -0.3 is 29.6 Å². The zero-order chi connectivity index (χ0) is 17.8. The third kappa shape index (κ3) is 8.00. The van der Waals surface area contributed by atoms with E-state index in [-0.39, 0.29) is 24.0 Å². The first-order valence-corrected chi connectivity index (χ1v) is 8.01. The van der Waals surface area contributed by atoms with Crippen molar-refractivity contribution in [2.45, 2.75) is 19.9 Å². The molecule has 2 N–H and O–H groups in total. The van der Waals surface area contributed by atoms with Gasteiger partial charge in [-0.1, -0.05) is 0 Å². The summed E-state index contributed by atoms with van der Waals surface area (Å²) in [5.41, 5.74) is 0.951. The number of halogens is 1. The fourth-order valence-corrected chi connectivity index (χ4v) is 2.16. The molecule has 1 aromatic carbocycles. The first kappa shape index (κ1) is 23.6. The fourth-order valence-electron chi connectivity index (χ4n) is 2.16. The van der Waals surface area contributed by atoms with Crippen LogP contribution in [0, 0.1) is 0 Å². The summed E-state index contributed by atoms with van der Waals surface area (Å²) in [4.78, 5) is 4.21. The van der Waals surface area contributed by atoms with Gasteiger partial charge in [-0.05, 0) is 19.4 Å². The Morgan fingerprint density at radius 2 is 1.64 bits per heavy atom. The molecule has 1 rings (SSSR count). The summed E-state index contributed by atoms with van der Waals surface area (Å²) in [6, 6.07) is 3.71. The van der Waals surface area contributed by atoms with Gasteiger partial charge in [-0.3, -0.25) is 4.99 Å². The number of guanidine groups is 1. The quantitative estimate of drug-likeness (QED) is 0.238. The normalized spacial score (nSPS) is 10.7. The summed E-state index contributed by atoms with van der Waals surface area (Å²) in [5, 5.41) is 6.51. The second-order valence-electron chi connectivity index (χ2n) is 4.92. The second-order valence-corrected chi connectivity index (χ2v) is 4.92. The Hall–Kier alpha value is -1.42. The largest absolute Gasteiger partial charge is 0.496 e. The Morgan fingerprint density at radius 3 is 2.20 bits per heavy atom. The van der Waals surface area contributed by atoms with Crippen LogP contribution < -0.4 is 24.8 Å². The maximum atomic E-state index is 5.43. The molecule has 0 amide bonds. The Morgan fingerprint density at radius 1 is 1.00 bits per heavy atom. The number of methoxy groups -OCH3 is 3. The van der Waals surface area contributed by atoms with Crippen molar-refractivity contribution in [2.75, 3.05) is 48.1 Å². The van der Waals surface area contributed by atoms with Crippen molar-refractivity contribution in [2.24, 2.45) is 4.99 Å². The van der Waals surface area contributed by atoms with Crippen LogP contribution in [0.4, 0.5) is 0 Å². The molecule has 7 nitrogen and oxygen atoms in total. The van der Waals surface area contributed by atoms with Crippen LogP contribution in [0.1, 0.15) is 18.9 Å². The zero-order valence-corrected chi connectivity index (χ0v) is 18.0. The molecule has 0 aliphatic heterocycles. The number of aliphatic imine (C=N–C) groups is 1. The SMILES string of the molecule is CCOCCCNC(=NC)NCc1cc(OC)c(OC)cc1OC.I. The molecule has 8 heteroatoms. The maximum Gasteiger partial charge on any atom is 0.191 e. The second kappa shape index (κ2) is 13.8. The van der Waals surface area contributed by atoms with Crippen LogP contribution in [0.5, 0.6) is 17.2 Å². The number of hydrogen-bond acceptors (Lipinski definition) is 5. The van der Waals surface area contributed by atoms with Gasteiger partial charge in [0, 0.05) is 45.0 Å². The van der Waals surface area contributed by atoms with E-state index in [0.29, 0.717) is 18.0 Å². The van der Waals surface area contributed by atoms with E-state index in [2.05, 4.69) is 15.6 Å². The predicted octanol–water partition coefficient (Wildman–Crippen LogP) is 2.42. The lowest BCUT2D eigenvalue weighted by atomic mass is 10.1. The van der Waals surface area contributed by atoms with Crippen LogP contribution in [0.3, 0.4) is 0 Å². The summed E-state index contributed by atoms with van der Waals surface area (Å²) in [6.45, 7) is 4.82. The molecule has 25 heavy (non-hydrogen) atoms. The number of nitrogens with zero attached hydrogens (tertiary/aromatic N) is 1. The highest BCUT2D eigenvalue weighted by Gasteiger charge is 2.12. The van der Waals surface area contributed by atoms with Crippen molar-refractivity contribution in [3.05, 3.63) is 17.7 Å². The molecular formula is C17H30IN3O4. The van der Waals surface area contributed by atoms with Gasteiger partial charge in [0.2, 0.25) is 0 Å². The van der Waals surface area contributed by atoms with E-state index >= 15 is 0 Å². The monoisotopic (exact) mass is 467 g/mol. The minimum absolute atomic E-state index is 0. The third-order valence-electron chi connectivity index (χ3n) is 3.42. The van der Waals surface area contributed by atoms with E-state index < -0.39 is 0 Å². The molecule has 1 aromatic rings. The molecule has 0 aliphatic carbocycles. The summed E-state index contributed by atoms with van der Waals surface area (Å²) in [7, 11) is 6.58. The van der Waals surface area contributed by atoms with Crippen molar-refractivity contribution in [3.63, 3.8) is 0 Å². The van der Waals surface area contributed by atoms with Crippen LogP contribution >= 0.6 is 24.0 Å². The number of nitrogens with one attached hydrogen (secondary N) is 2. The molecule has 0 aliphatic rings. The summed E-state index contributed by atoms with van der Waals surface area (Å²) in [5.74, 6) is 2.75. The predicted molar refractivity (Wildman–Crippen MR) is 111 cm³/mol. The van der Waals surface area contributed by atoms with Gasteiger partial charge in [0.1, 0.15) is 5.75 Å². The number of ether oxygens (including phenoxy) is 4. The van der Waals surface area contributed by atoms with Gasteiger partial charge in [0.15, 0.2) is 17.5 Å². The maximum absolute atomic E-state index is 5.43. The van der Waals surface area contributed by atoms with Crippen molar-refractivity contribution < 1.29 is 18.9 Å². The van der Waals surface area contributed by atoms with E-state index in [0.717, 1.165) is 43.5 Å². The van der Waals surface area contributed by atoms with Gasteiger partial charge in [0.25, 0.3) is 0 Å². The molecule has 0 saturated heterocycles. The van der Waals surface area contributed by atoms with Crippen LogP contribution in [-0.4, -0.2) is 54.1 Å². The van der Waals surface area contributed by atoms with Crippen molar-refractivity contribution in [3.8, 4) is 17.2 Å². The third-order valence-corrected chi connectivity index (χ3v) is 3.42. The lowest BCUT2D eigenvalue weighted by Crippen LogP contribution is -2.37. The standard InChI is InChI=1S/C17H29N3O4.HI/c1-6-24-9-7-8-19-17(18-2)20-12-13-10-15(22-4)16(23-5)11-14(13)21-3;/h10-11H,6-9,12H2,1-5H3,(H2,18,19,20);1H. The highest BCUT2D eigenvalue weighted by Crippen LogP contribution is 2.34. The minimum atomic E-state index is 0. The molecule has 0 atom stereocenters. The molecule has 0 heterocycles. The summed E-state index contributed by atoms with van der Waals surface area (Å²) in [6.07, 6.45) is 0.925. The van der Waals surface area contributed by atoms with Crippen LogP contribution in [0.2, 0.25) is 0 Å². The number of rotatable bonds is 10. The van der Waals surface area contributed by atoms with E-state index in [4.69, 9.17) is 18.9 Å². The Labute approximate surface area is 167 Å². The molecular weight excluding hydrogens is 437 g/mol. The van der Waals surface area contributed by atoms with Crippen molar-refractivity contribution in [1.82, 2.24) is 10.6 Å². The topological polar surface area (TPSA) is 73.3 Å². The van der Waals surface area contributed by atoms with Crippen molar-refractivity contribution in [1.29, 1.82) is 0 Å². The minimum Gasteiger partial charge on any atom is -0.496 e. The number of hydrogen-bond donors (Lipinski definition) is 2. The molecule has 0 spiro atoms. The summed E-state index contributed by atoms with van der Waals surface area (Å²) >= 11 is 0. The number of benzene rings is 1. The lowest BCUT2D eigenvalue weighted by molar-refractivity contribution is 0.145.